The predicted molar refractivity (Wildman–Crippen MR) is 76.0 cm³/mol. The van der Waals surface area contributed by atoms with Gasteiger partial charge in [-0.25, -0.2) is 0 Å². The third kappa shape index (κ3) is 3.14. The van der Waals surface area contributed by atoms with Crippen LogP contribution in [-0.4, -0.2) is 61.4 Å². The second-order valence-corrected chi connectivity index (χ2v) is 6.53. The summed E-state index contributed by atoms with van der Waals surface area (Å²) in [5, 5.41) is 3.24. The maximum absolute atomic E-state index is 12.6. The number of hydrogen-bond donors (Lipinski definition) is 1. The molecule has 1 heterocycles. The van der Waals surface area contributed by atoms with Gasteiger partial charge < -0.3 is 15.1 Å². The number of rotatable bonds is 5. The molecule has 2 saturated carbocycles. The molecule has 20 heavy (non-hydrogen) atoms. The molecule has 112 valence electrons. The van der Waals surface area contributed by atoms with Crippen molar-refractivity contribution in [3.63, 3.8) is 0 Å². The second-order valence-electron chi connectivity index (χ2n) is 6.53. The van der Waals surface area contributed by atoms with Crippen molar-refractivity contribution in [2.75, 3.05) is 39.8 Å². The van der Waals surface area contributed by atoms with E-state index in [0.29, 0.717) is 11.8 Å². The first-order valence-corrected chi connectivity index (χ1v) is 7.90. The normalized spacial score (nSPS) is 23.0. The zero-order chi connectivity index (χ0) is 14.1. The molecule has 2 amide bonds. The van der Waals surface area contributed by atoms with Crippen molar-refractivity contribution in [1.82, 2.24) is 15.1 Å². The second kappa shape index (κ2) is 5.72. The number of carbonyl (C=O) groups is 2. The highest BCUT2D eigenvalue weighted by molar-refractivity contribution is 5.86. The van der Waals surface area contributed by atoms with Crippen LogP contribution in [0.25, 0.3) is 0 Å². The first-order chi connectivity index (χ1) is 9.66. The van der Waals surface area contributed by atoms with Gasteiger partial charge in [-0.2, -0.15) is 0 Å². The fourth-order valence-corrected chi connectivity index (χ4v) is 3.25. The van der Waals surface area contributed by atoms with E-state index in [1.165, 1.54) is 25.7 Å². The Balaban J connectivity index is 1.53. The van der Waals surface area contributed by atoms with Gasteiger partial charge in [-0.3, -0.25) is 9.59 Å². The fraction of sp³-hybridized carbons (Fsp3) is 0.867. The van der Waals surface area contributed by atoms with Crippen molar-refractivity contribution in [3.8, 4) is 0 Å². The topological polar surface area (TPSA) is 52.7 Å². The molecule has 5 heteroatoms. The number of hydrogen-bond acceptors (Lipinski definition) is 3. The van der Waals surface area contributed by atoms with Crippen LogP contribution >= 0.6 is 0 Å². The highest BCUT2D eigenvalue weighted by atomic mass is 16.2. The summed E-state index contributed by atoms with van der Waals surface area (Å²) in [5.41, 5.74) is 0. The van der Waals surface area contributed by atoms with Crippen molar-refractivity contribution >= 4 is 11.8 Å². The molecule has 0 radical (unpaired) electrons. The molecule has 0 unspecified atom stereocenters. The summed E-state index contributed by atoms with van der Waals surface area (Å²) in [4.78, 5) is 28.3. The minimum Gasteiger partial charge on any atom is -0.339 e. The zero-order valence-corrected chi connectivity index (χ0v) is 12.3. The first-order valence-electron chi connectivity index (χ1n) is 7.90. The lowest BCUT2D eigenvalue weighted by molar-refractivity contribution is -0.142. The van der Waals surface area contributed by atoms with E-state index in [1.807, 2.05) is 4.90 Å². The van der Waals surface area contributed by atoms with E-state index in [0.717, 1.165) is 26.2 Å². The molecule has 0 bridgehead atoms. The van der Waals surface area contributed by atoms with E-state index >= 15 is 0 Å². The number of amides is 2. The monoisotopic (exact) mass is 279 g/mol. The molecule has 3 rings (SSSR count). The Morgan fingerprint density at radius 3 is 2.20 bits per heavy atom. The Hall–Kier alpha value is -1.10. The standard InChI is InChI=1S/C15H25N3O2/c1-17(10-13(19)18-8-6-16-7-9-18)15(20)14(11-2-3-11)12-4-5-12/h11-12,14,16H,2-10H2,1H3. The third-order valence-corrected chi connectivity index (χ3v) is 4.76. The first kappa shape index (κ1) is 13.9. The Kier molecular flexibility index (Phi) is 3.96. The maximum atomic E-state index is 12.6. The summed E-state index contributed by atoms with van der Waals surface area (Å²) in [6, 6.07) is 0. The third-order valence-electron chi connectivity index (χ3n) is 4.76. The maximum Gasteiger partial charge on any atom is 0.242 e. The van der Waals surface area contributed by atoms with Crippen molar-refractivity contribution in [1.29, 1.82) is 0 Å². The number of piperazine rings is 1. The smallest absolute Gasteiger partial charge is 0.242 e. The molecule has 0 aromatic rings. The van der Waals surface area contributed by atoms with Crippen LogP contribution in [0.5, 0.6) is 0 Å². The molecular formula is C15H25N3O2. The van der Waals surface area contributed by atoms with E-state index in [-0.39, 0.29) is 24.3 Å². The quantitative estimate of drug-likeness (QED) is 0.788. The van der Waals surface area contributed by atoms with E-state index in [2.05, 4.69) is 5.32 Å². The van der Waals surface area contributed by atoms with Crippen LogP contribution in [0, 0.1) is 17.8 Å². The molecule has 5 nitrogen and oxygen atoms in total. The zero-order valence-electron chi connectivity index (χ0n) is 12.3. The number of likely N-dealkylation sites (N-methyl/N-ethyl adjacent to an activating group) is 1. The van der Waals surface area contributed by atoms with Gasteiger partial charge >= 0.3 is 0 Å². The van der Waals surface area contributed by atoms with E-state index in [4.69, 9.17) is 0 Å². The average Bonchev–Trinajstić information content (AvgIpc) is 3.34. The van der Waals surface area contributed by atoms with Crippen LogP contribution in [0.4, 0.5) is 0 Å². The summed E-state index contributed by atoms with van der Waals surface area (Å²) in [6.45, 7) is 3.48. The van der Waals surface area contributed by atoms with Crippen molar-refractivity contribution in [2.24, 2.45) is 17.8 Å². The van der Waals surface area contributed by atoms with Crippen LogP contribution in [0.1, 0.15) is 25.7 Å². The SMILES string of the molecule is CN(CC(=O)N1CCNCC1)C(=O)C(C1CC1)C1CC1. The van der Waals surface area contributed by atoms with Crippen molar-refractivity contribution in [2.45, 2.75) is 25.7 Å². The van der Waals surface area contributed by atoms with E-state index in [9.17, 15) is 9.59 Å². The van der Waals surface area contributed by atoms with Gasteiger partial charge in [-0.05, 0) is 37.5 Å². The Morgan fingerprint density at radius 1 is 1.15 bits per heavy atom. The van der Waals surface area contributed by atoms with Crippen LogP contribution in [0.2, 0.25) is 0 Å². The fourth-order valence-electron chi connectivity index (χ4n) is 3.25. The summed E-state index contributed by atoms with van der Waals surface area (Å²) < 4.78 is 0. The molecule has 2 aliphatic carbocycles. The Bertz CT molecular complexity index is 373. The minimum absolute atomic E-state index is 0.0905. The molecule has 1 N–H and O–H groups in total. The van der Waals surface area contributed by atoms with Gasteiger partial charge in [0.15, 0.2) is 0 Å². The lowest BCUT2D eigenvalue weighted by atomic mass is 9.96. The molecule has 3 fully saturated rings. The van der Waals surface area contributed by atoms with Crippen LogP contribution in [0.3, 0.4) is 0 Å². The average molecular weight is 279 g/mol. The predicted octanol–water partition coefficient (Wildman–Crippen LogP) is 0.313. The summed E-state index contributed by atoms with van der Waals surface area (Å²) >= 11 is 0. The summed E-state index contributed by atoms with van der Waals surface area (Å²) in [5.74, 6) is 1.71. The summed E-state index contributed by atoms with van der Waals surface area (Å²) in [7, 11) is 1.79. The lowest BCUT2D eigenvalue weighted by Gasteiger charge is -2.30. The molecule has 1 aliphatic heterocycles. The minimum atomic E-state index is 0.0905. The van der Waals surface area contributed by atoms with Crippen molar-refractivity contribution < 1.29 is 9.59 Å². The molecule has 0 atom stereocenters. The van der Waals surface area contributed by atoms with Crippen LogP contribution < -0.4 is 5.32 Å². The molecular weight excluding hydrogens is 254 g/mol. The Labute approximate surface area is 120 Å². The van der Waals surface area contributed by atoms with Gasteiger partial charge in [0, 0.05) is 39.1 Å². The largest absolute Gasteiger partial charge is 0.339 e. The summed E-state index contributed by atoms with van der Waals surface area (Å²) in [6.07, 6.45) is 4.80. The number of nitrogens with zero attached hydrogens (tertiary/aromatic N) is 2. The Morgan fingerprint density at radius 2 is 1.70 bits per heavy atom. The highest BCUT2D eigenvalue weighted by Gasteiger charge is 2.46. The molecule has 0 aromatic carbocycles. The van der Waals surface area contributed by atoms with Gasteiger partial charge in [0.2, 0.25) is 11.8 Å². The van der Waals surface area contributed by atoms with Gasteiger partial charge in [-0.15, -0.1) is 0 Å². The molecule has 0 aromatic heterocycles. The molecule has 1 saturated heterocycles. The number of carbonyl (C=O) groups excluding carboxylic acids is 2. The van der Waals surface area contributed by atoms with Crippen LogP contribution in [0.15, 0.2) is 0 Å². The number of nitrogens with one attached hydrogen (secondary N) is 1. The highest BCUT2D eigenvalue weighted by Crippen LogP contribution is 2.49. The van der Waals surface area contributed by atoms with Gasteiger partial charge in [0.05, 0.1) is 6.54 Å². The lowest BCUT2D eigenvalue weighted by Crippen LogP contribution is -2.50. The van der Waals surface area contributed by atoms with Crippen LogP contribution in [-0.2, 0) is 9.59 Å². The van der Waals surface area contributed by atoms with Gasteiger partial charge in [-0.1, -0.05) is 0 Å². The van der Waals surface area contributed by atoms with E-state index in [1.54, 1.807) is 11.9 Å². The van der Waals surface area contributed by atoms with E-state index < -0.39 is 0 Å². The molecule has 0 spiro atoms. The molecule has 3 aliphatic rings. The van der Waals surface area contributed by atoms with Crippen molar-refractivity contribution in [3.05, 3.63) is 0 Å². The van der Waals surface area contributed by atoms with Gasteiger partial charge in [0.25, 0.3) is 0 Å². The van der Waals surface area contributed by atoms with Gasteiger partial charge in [0.1, 0.15) is 0 Å².